The van der Waals surface area contributed by atoms with Crippen molar-refractivity contribution in [1.29, 1.82) is 0 Å². The molecule has 1 aromatic carbocycles. The molecule has 1 nitrogen and oxygen atoms in total. The highest BCUT2D eigenvalue weighted by Gasteiger charge is 2.03. The lowest BCUT2D eigenvalue weighted by Crippen LogP contribution is -2.00. The molecule has 0 fully saturated rings. The van der Waals surface area contributed by atoms with Gasteiger partial charge >= 0.3 is 0 Å². The summed E-state index contributed by atoms with van der Waals surface area (Å²) in [6, 6.07) is 12.8. The third-order valence-electron chi connectivity index (χ3n) is 3.31. The number of allylic oxidation sites excluding steroid dienone is 1. The van der Waals surface area contributed by atoms with E-state index in [1.807, 2.05) is 12.1 Å². The number of aryl methyl sites for hydroxylation is 1. The van der Waals surface area contributed by atoms with Gasteiger partial charge in [0.25, 0.3) is 0 Å². The summed E-state index contributed by atoms with van der Waals surface area (Å²) in [5.41, 5.74) is 4.57. The second-order valence-electron chi connectivity index (χ2n) is 4.75. The van der Waals surface area contributed by atoms with Crippen LogP contribution in [0.3, 0.4) is 0 Å². The van der Waals surface area contributed by atoms with E-state index in [1.165, 1.54) is 16.0 Å². The van der Waals surface area contributed by atoms with Gasteiger partial charge in [-0.15, -0.1) is 11.3 Å². The van der Waals surface area contributed by atoms with Crippen molar-refractivity contribution in [1.82, 2.24) is 0 Å². The van der Waals surface area contributed by atoms with Crippen LogP contribution in [0.25, 0.3) is 6.08 Å². The zero-order chi connectivity index (χ0) is 15.1. The van der Waals surface area contributed by atoms with Crippen LogP contribution in [0.1, 0.15) is 36.3 Å². The lowest BCUT2D eigenvalue weighted by Gasteiger charge is -2.07. The van der Waals surface area contributed by atoms with Gasteiger partial charge in [-0.2, -0.15) is 0 Å². The van der Waals surface area contributed by atoms with Crippen LogP contribution >= 0.6 is 11.3 Å². The minimum absolute atomic E-state index is 0.906. The van der Waals surface area contributed by atoms with Crippen LogP contribution in [0.2, 0.25) is 0 Å². The molecule has 0 N–H and O–H groups in total. The fourth-order valence-electron chi connectivity index (χ4n) is 2.13. The Morgan fingerprint density at radius 1 is 1.24 bits per heavy atom. The van der Waals surface area contributed by atoms with Crippen molar-refractivity contribution in [2.24, 2.45) is 4.99 Å². The number of hydrogen-bond acceptors (Lipinski definition) is 2. The Morgan fingerprint density at radius 2 is 2.10 bits per heavy atom. The van der Waals surface area contributed by atoms with Crippen LogP contribution in [-0.2, 0) is 6.42 Å². The molecule has 0 amide bonds. The Morgan fingerprint density at radius 3 is 2.71 bits per heavy atom. The van der Waals surface area contributed by atoms with Crippen molar-refractivity contribution < 1.29 is 0 Å². The summed E-state index contributed by atoms with van der Waals surface area (Å²) >= 11 is 1.71. The van der Waals surface area contributed by atoms with E-state index in [9.17, 15) is 0 Å². The van der Waals surface area contributed by atoms with E-state index < -0.39 is 0 Å². The van der Waals surface area contributed by atoms with E-state index in [4.69, 9.17) is 4.99 Å². The standard InChI is InChI=1S/C19H21NS/c1-4-15-9-7-10-16(13-15)19(6-3)20-17(5-2)14-18-11-8-12-21-18/h5,7-14H,2,4,6H2,1,3H3/b17-14+,20-19?. The van der Waals surface area contributed by atoms with E-state index in [0.29, 0.717) is 0 Å². The van der Waals surface area contributed by atoms with Crippen molar-refractivity contribution >= 4 is 23.1 Å². The predicted octanol–water partition coefficient (Wildman–Crippen LogP) is 5.74. The van der Waals surface area contributed by atoms with Crippen LogP contribution in [-0.4, -0.2) is 5.71 Å². The number of aliphatic imine (C=N–C) groups is 1. The van der Waals surface area contributed by atoms with E-state index in [-0.39, 0.29) is 0 Å². The second-order valence-corrected chi connectivity index (χ2v) is 5.73. The molecular weight excluding hydrogens is 274 g/mol. The zero-order valence-electron chi connectivity index (χ0n) is 12.7. The summed E-state index contributed by atoms with van der Waals surface area (Å²) in [4.78, 5) is 6.00. The van der Waals surface area contributed by atoms with Gasteiger partial charge in [-0.3, -0.25) is 4.99 Å². The third kappa shape index (κ3) is 4.27. The summed E-state index contributed by atoms with van der Waals surface area (Å²) in [7, 11) is 0. The van der Waals surface area contributed by atoms with Crippen molar-refractivity contribution in [2.45, 2.75) is 26.7 Å². The lowest BCUT2D eigenvalue weighted by molar-refractivity contribution is 1.13. The maximum Gasteiger partial charge on any atom is 0.0641 e. The highest BCUT2D eigenvalue weighted by atomic mass is 32.1. The second kappa shape index (κ2) is 7.75. The Hall–Kier alpha value is -1.93. The molecule has 1 aromatic heterocycles. The van der Waals surface area contributed by atoms with Gasteiger partial charge in [-0.1, -0.05) is 44.7 Å². The first-order chi connectivity index (χ1) is 10.3. The molecule has 108 valence electrons. The molecule has 0 aliphatic rings. The van der Waals surface area contributed by atoms with Gasteiger partial charge in [0, 0.05) is 10.6 Å². The molecule has 0 aliphatic carbocycles. The molecule has 0 atom stereocenters. The van der Waals surface area contributed by atoms with Gasteiger partial charge in [0.15, 0.2) is 0 Å². The highest BCUT2D eigenvalue weighted by Crippen LogP contribution is 2.17. The summed E-state index contributed by atoms with van der Waals surface area (Å²) in [5, 5.41) is 2.07. The Kier molecular flexibility index (Phi) is 5.70. The number of benzene rings is 1. The van der Waals surface area contributed by atoms with Crippen LogP contribution < -0.4 is 0 Å². The highest BCUT2D eigenvalue weighted by molar-refractivity contribution is 7.10. The molecule has 1 heterocycles. The molecule has 2 heteroatoms. The molecule has 2 aromatic rings. The zero-order valence-corrected chi connectivity index (χ0v) is 13.5. The van der Waals surface area contributed by atoms with Crippen molar-refractivity contribution in [3.05, 3.63) is 76.1 Å². The molecular formula is C19H21NS. The van der Waals surface area contributed by atoms with Crippen LogP contribution in [0.15, 0.2) is 65.1 Å². The molecule has 0 aliphatic heterocycles. The summed E-state index contributed by atoms with van der Waals surface area (Å²) < 4.78 is 0. The van der Waals surface area contributed by atoms with Crippen LogP contribution in [0.5, 0.6) is 0 Å². The first-order valence-corrected chi connectivity index (χ1v) is 8.19. The van der Waals surface area contributed by atoms with Crippen molar-refractivity contribution in [2.75, 3.05) is 0 Å². The summed E-state index contributed by atoms with van der Waals surface area (Å²) in [6.07, 6.45) is 5.85. The number of nitrogens with zero attached hydrogens (tertiary/aromatic N) is 1. The topological polar surface area (TPSA) is 12.4 Å². The fourth-order valence-corrected chi connectivity index (χ4v) is 2.79. The Bertz CT molecular complexity index is 648. The van der Waals surface area contributed by atoms with Crippen LogP contribution in [0.4, 0.5) is 0 Å². The predicted molar refractivity (Wildman–Crippen MR) is 95.1 cm³/mol. The first kappa shape index (κ1) is 15.5. The van der Waals surface area contributed by atoms with E-state index in [2.05, 4.69) is 62.2 Å². The average Bonchev–Trinajstić information content (AvgIpc) is 3.04. The van der Waals surface area contributed by atoms with Gasteiger partial charge in [0.05, 0.1) is 5.70 Å². The number of thiophene rings is 1. The first-order valence-electron chi connectivity index (χ1n) is 7.31. The maximum absolute atomic E-state index is 4.80. The molecule has 0 bridgehead atoms. The monoisotopic (exact) mass is 295 g/mol. The molecule has 0 saturated heterocycles. The average molecular weight is 295 g/mol. The van der Waals surface area contributed by atoms with Gasteiger partial charge in [0.2, 0.25) is 0 Å². The van der Waals surface area contributed by atoms with Crippen molar-refractivity contribution in [3.8, 4) is 0 Å². The Labute approximate surface area is 131 Å². The van der Waals surface area contributed by atoms with Crippen LogP contribution in [0, 0.1) is 0 Å². The van der Waals surface area contributed by atoms with E-state index in [0.717, 1.165) is 24.3 Å². The van der Waals surface area contributed by atoms with E-state index in [1.54, 1.807) is 11.3 Å². The lowest BCUT2D eigenvalue weighted by atomic mass is 10.0. The molecule has 0 saturated carbocycles. The van der Waals surface area contributed by atoms with Gasteiger partial charge < -0.3 is 0 Å². The molecule has 0 spiro atoms. The molecule has 0 radical (unpaired) electrons. The van der Waals surface area contributed by atoms with Crippen molar-refractivity contribution in [3.63, 3.8) is 0 Å². The fraction of sp³-hybridized carbons (Fsp3) is 0.211. The normalized spacial score (nSPS) is 12.5. The molecule has 0 unspecified atom stereocenters. The van der Waals surface area contributed by atoms with Gasteiger partial charge in [-0.05, 0) is 53.6 Å². The van der Waals surface area contributed by atoms with Gasteiger partial charge in [0.1, 0.15) is 0 Å². The van der Waals surface area contributed by atoms with E-state index >= 15 is 0 Å². The molecule has 21 heavy (non-hydrogen) atoms. The smallest absolute Gasteiger partial charge is 0.0641 e. The largest absolute Gasteiger partial charge is 0.253 e. The number of hydrogen-bond donors (Lipinski definition) is 0. The minimum Gasteiger partial charge on any atom is -0.253 e. The van der Waals surface area contributed by atoms with Gasteiger partial charge in [-0.25, -0.2) is 0 Å². The maximum atomic E-state index is 4.80. The quantitative estimate of drug-likeness (QED) is 0.476. The minimum atomic E-state index is 0.906. The summed E-state index contributed by atoms with van der Waals surface area (Å²) in [5.74, 6) is 0. The SMILES string of the molecule is C=C/C(=C\c1cccs1)N=C(CC)c1cccc(CC)c1. The summed E-state index contributed by atoms with van der Waals surface area (Å²) in [6.45, 7) is 8.20. The Balaban J connectivity index is 2.36. The molecule has 2 rings (SSSR count). The third-order valence-corrected chi connectivity index (χ3v) is 4.13. The number of rotatable bonds is 6.